The number of carbonyl (C=O) groups excluding carboxylic acids is 1. The van der Waals surface area contributed by atoms with Crippen LogP contribution in [0.25, 0.3) is 22.1 Å². The lowest BCUT2D eigenvalue weighted by atomic mass is 9.85. The Hall–Kier alpha value is -4.05. The van der Waals surface area contributed by atoms with Gasteiger partial charge in [0.2, 0.25) is 12.3 Å². The summed E-state index contributed by atoms with van der Waals surface area (Å²) in [5.74, 6) is -2.69. The molecule has 4 rings (SSSR count). The second-order valence-corrected chi connectivity index (χ2v) is 9.07. The van der Waals surface area contributed by atoms with Crippen LogP contribution in [0.3, 0.4) is 0 Å². The van der Waals surface area contributed by atoms with Crippen LogP contribution in [0.2, 0.25) is 0 Å². The smallest absolute Gasteiger partial charge is 0.334 e. The predicted molar refractivity (Wildman–Crippen MR) is 134 cm³/mol. The Morgan fingerprint density at radius 3 is 2.45 bits per heavy atom. The van der Waals surface area contributed by atoms with Crippen LogP contribution in [0.5, 0.6) is 11.5 Å². The van der Waals surface area contributed by atoms with Gasteiger partial charge in [0.05, 0.1) is 17.6 Å². The molecule has 7 N–H and O–H groups in total. The molecule has 0 spiro atoms. The molecule has 0 amide bonds. The fourth-order valence-corrected chi connectivity index (χ4v) is 4.21. The number of fused-ring (bicyclic) bond motifs is 1. The van der Waals surface area contributed by atoms with Gasteiger partial charge in [-0.25, -0.2) is 9.59 Å². The number of phenolic OH excluding ortho intramolecular Hbond substituents is 1. The van der Waals surface area contributed by atoms with Gasteiger partial charge >= 0.3 is 11.9 Å². The largest absolute Gasteiger partial charge is 0.508 e. The number of likely N-dealkylation sites (N-methyl/N-ethyl adjacent to an activating group) is 1. The number of carboxylic acids is 1. The van der Waals surface area contributed by atoms with Crippen molar-refractivity contribution in [3.8, 4) is 22.6 Å². The summed E-state index contributed by atoms with van der Waals surface area (Å²) in [6, 6.07) is 8.32. The van der Waals surface area contributed by atoms with Crippen molar-refractivity contribution in [3.05, 3.63) is 59.0 Å². The normalized spacial score (nSPS) is 25.3. The van der Waals surface area contributed by atoms with Gasteiger partial charge in [-0.15, -0.1) is 0 Å². The number of phenols is 1. The van der Waals surface area contributed by atoms with Crippen LogP contribution in [0, 0.1) is 0 Å². The Labute approximate surface area is 225 Å². The topological polar surface area (TPSA) is 225 Å². The van der Waals surface area contributed by atoms with Crippen molar-refractivity contribution in [2.24, 2.45) is 0 Å². The highest BCUT2D eigenvalue weighted by atomic mass is 16.7. The Balaban J connectivity index is 1.56. The van der Waals surface area contributed by atoms with E-state index in [1.165, 1.54) is 43.6 Å². The lowest BCUT2D eigenvalue weighted by Gasteiger charge is -2.46. The number of carbonyl (C=O) groups is 2. The van der Waals surface area contributed by atoms with Gasteiger partial charge < -0.3 is 49.3 Å². The molecular formula is C26H27NO13. The number of rotatable bonds is 9. The van der Waals surface area contributed by atoms with E-state index in [9.17, 15) is 39.9 Å². The first-order valence-electron chi connectivity index (χ1n) is 11.9. The number of hydrogen-bond acceptors (Lipinski definition) is 13. The van der Waals surface area contributed by atoms with Crippen LogP contribution >= 0.6 is 0 Å². The number of esters is 1. The summed E-state index contributed by atoms with van der Waals surface area (Å²) >= 11 is 0. The monoisotopic (exact) mass is 561 g/mol. The van der Waals surface area contributed by atoms with E-state index >= 15 is 0 Å². The number of aliphatic hydroxyl groups excluding tert-OH is 3. The van der Waals surface area contributed by atoms with Gasteiger partial charge in [0.15, 0.2) is 5.43 Å². The molecule has 2 heterocycles. The summed E-state index contributed by atoms with van der Waals surface area (Å²) in [5.41, 5.74) is -2.07. The SMILES string of the molecule is CNC(C(=O)O)C(=O)OCC1OC(Oc2ccc3c(=O)c(-c4ccc(O)cc4)coc3c2)C(O)C(O)(CO)C1O. The quantitative estimate of drug-likeness (QED) is 0.122. The molecule has 1 aliphatic heterocycles. The van der Waals surface area contributed by atoms with Crippen molar-refractivity contribution >= 4 is 22.9 Å². The first-order chi connectivity index (χ1) is 19.0. The number of ether oxygens (including phenoxy) is 3. The minimum Gasteiger partial charge on any atom is -0.508 e. The minimum atomic E-state index is -2.57. The summed E-state index contributed by atoms with van der Waals surface area (Å²) in [5, 5.41) is 62.7. The maximum atomic E-state index is 13.0. The van der Waals surface area contributed by atoms with Crippen molar-refractivity contribution in [3.63, 3.8) is 0 Å². The lowest BCUT2D eigenvalue weighted by Crippen LogP contribution is -2.70. The van der Waals surface area contributed by atoms with E-state index in [1.54, 1.807) is 12.1 Å². The maximum absolute atomic E-state index is 13.0. The molecule has 14 nitrogen and oxygen atoms in total. The van der Waals surface area contributed by atoms with Crippen LogP contribution in [0.15, 0.2) is 57.9 Å². The fourth-order valence-electron chi connectivity index (χ4n) is 4.21. The second-order valence-electron chi connectivity index (χ2n) is 9.07. The average molecular weight is 561 g/mol. The Morgan fingerprint density at radius 2 is 1.82 bits per heavy atom. The Kier molecular flexibility index (Phi) is 8.39. The standard InChI is InChI=1S/C26H27NO13/c1-27-19(23(33)34)24(35)38-10-18-21(31)26(36,11-28)22(32)25(40-18)39-14-6-7-15-17(8-14)37-9-16(20(15)30)12-2-4-13(29)5-3-12/h2-9,18-19,21-22,25,27-29,31-32,36H,10-11H2,1H3,(H,33,34). The Bertz CT molecular complexity index is 1440. The predicted octanol–water partition coefficient (Wildman–Crippen LogP) is -1.07. The molecular weight excluding hydrogens is 534 g/mol. The lowest BCUT2D eigenvalue weighted by molar-refractivity contribution is -0.320. The molecule has 6 unspecified atom stereocenters. The van der Waals surface area contributed by atoms with Gasteiger partial charge in [0.25, 0.3) is 0 Å². The Morgan fingerprint density at radius 1 is 1.12 bits per heavy atom. The summed E-state index contributed by atoms with van der Waals surface area (Å²) in [6.07, 6.45) is -6.00. The van der Waals surface area contributed by atoms with Crippen molar-refractivity contribution in [1.82, 2.24) is 5.32 Å². The van der Waals surface area contributed by atoms with Crippen LogP contribution in [-0.2, 0) is 19.1 Å². The summed E-state index contributed by atoms with van der Waals surface area (Å²) in [7, 11) is 1.22. The highest BCUT2D eigenvalue weighted by Crippen LogP contribution is 2.33. The van der Waals surface area contributed by atoms with Gasteiger partial charge in [0.1, 0.15) is 53.9 Å². The molecule has 1 aromatic heterocycles. The highest BCUT2D eigenvalue weighted by molar-refractivity contribution is 5.98. The molecule has 0 saturated carbocycles. The molecule has 1 fully saturated rings. The van der Waals surface area contributed by atoms with Gasteiger partial charge in [-0.2, -0.15) is 0 Å². The third kappa shape index (κ3) is 5.49. The van der Waals surface area contributed by atoms with Crippen LogP contribution in [0.4, 0.5) is 0 Å². The number of hydrogen-bond donors (Lipinski definition) is 7. The molecule has 40 heavy (non-hydrogen) atoms. The maximum Gasteiger partial charge on any atom is 0.334 e. The van der Waals surface area contributed by atoms with Crippen molar-refractivity contribution < 1.29 is 58.9 Å². The van der Waals surface area contributed by atoms with E-state index in [4.69, 9.17) is 23.7 Å². The average Bonchev–Trinajstić information content (AvgIpc) is 2.93. The molecule has 14 heteroatoms. The van der Waals surface area contributed by atoms with E-state index < -0.39 is 61.4 Å². The zero-order valence-electron chi connectivity index (χ0n) is 21.0. The third-order valence-electron chi connectivity index (χ3n) is 6.53. The number of aliphatic carboxylic acids is 1. The number of aromatic hydroxyl groups is 1. The van der Waals surface area contributed by atoms with E-state index in [0.29, 0.717) is 5.56 Å². The number of aliphatic hydroxyl groups is 4. The number of carboxylic acid groups (broad SMARTS) is 1. The highest BCUT2D eigenvalue weighted by Gasteiger charge is 2.56. The number of benzene rings is 2. The molecule has 6 atom stereocenters. The van der Waals surface area contributed by atoms with E-state index in [-0.39, 0.29) is 33.5 Å². The molecule has 2 aromatic carbocycles. The summed E-state index contributed by atoms with van der Waals surface area (Å²) < 4.78 is 21.6. The van der Waals surface area contributed by atoms with Crippen molar-refractivity contribution in [1.29, 1.82) is 0 Å². The number of nitrogens with one attached hydrogen (secondary N) is 1. The first kappa shape index (κ1) is 28.9. The van der Waals surface area contributed by atoms with Crippen molar-refractivity contribution in [2.75, 3.05) is 20.3 Å². The molecule has 0 aliphatic carbocycles. The minimum absolute atomic E-state index is 0.00521. The van der Waals surface area contributed by atoms with E-state index in [1.807, 2.05) is 0 Å². The molecule has 0 bridgehead atoms. The van der Waals surface area contributed by atoms with E-state index in [2.05, 4.69) is 5.32 Å². The van der Waals surface area contributed by atoms with Gasteiger partial charge in [0, 0.05) is 6.07 Å². The molecule has 1 saturated heterocycles. The van der Waals surface area contributed by atoms with Crippen molar-refractivity contribution in [2.45, 2.75) is 36.2 Å². The molecule has 1 aliphatic rings. The fraction of sp³-hybridized carbons (Fsp3) is 0.346. The second kappa shape index (κ2) is 11.6. The van der Waals surface area contributed by atoms with Crippen LogP contribution in [-0.4, -0.2) is 99.1 Å². The zero-order valence-corrected chi connectivity index (χ0v) is 21.0. The van der Waals surface area contributed by atoms with E-state index in [0.717, 1.165) is 0 Å². The summed E-state index contributed by atoms with van der Waals surface area (Å²) in [6.45, 7) is -1.89. The molecule has 3 aromatic rings. The molecule has 214 valence electrons. The first-order valence-corrected chi connectivity index (χ1v) is 11.9. The van der Waals surface area contributed by atoms with Gasteiger partial charge in [-0.3, -0.25) is 10.1 Å². The van der Waals surface area contributed by atoms with Gasteiger partial charge in [-0.1, -0.05) is 12.1 Å². The van der Waals surface area contributed by atoms with Crippen LogP contribution in [0.1, 0.15) is 0 Å². The molecule has 0 radical (unpaired) electrons. The third-order valence-corrected chi connectivity index (χ3v) is 6.53. The zero-order chi connectivity index (χ0) is 29.2. The van der Waals surface area contributed by atoms with Gasteiger partial charge in [-0.05, 0) is 36.9 Å². The van der Waals surface area contributed by atoms with Crippen LogP contribution < -0.4 is 15.5 Å². The summed E-state index contributed by atoms with van der Waals surface area (Å²) in [4.78, 5) is 36.2.